The molecular formula is C19H20N2O4S. The van der Waals surface area contributed by atoms with Crippen LogP contribution in [0.5, 0.6) is 0 Å². The number of carbonyl (C=O) groups is 2. The Morgan fingerprint density at radius 1 is 0.923 bits per heavy atom. The molecule has 2 aromatic rings. The highest BCUT2D eigenvalue weighted by Gasteiger charge is 2.32. The van der Waals surface area contributed by atoms with Gasteiger partial charge in [0.1, 0.15) is 6.17 Å². The number of amides is 1. The Balaban J connectivity index is 1.79. The second-order valence-electron chi connectivity index (χ2n) is 6.27. The molecule has 1 saturated heterocycles. The molecule has 0 spiro atoms. The van der Waals surface area contributed by atoms with Gasteiger partial charge in [-0.3, -0.25) is 14.9 Å². The van der Waals surface area contributed by atoms with Gasteiger partial charge in [-0.25, -0.2) is 8.42 Å². The van der Waals surface area contributed by atoms with E-state index in [-0.39, 0.29) is 23.3 Å². The number of benzene rings is 2. The predicted molar refractivity (Wildman–Crippen MR) is 98.7 cm³/mol. The van der Waals surface area contributed by atoms with Crippen LogP contribution in [0.25, 0.3) is 0 Å². The maximum absolute atomic E-state index is 12.8. The molecule has 136 valence electrons. The summed E-state index contributed by atoms with van der Waals surface area (Å²) in [5, 5.41) is 5.70. The summed E-state index contributed by atoms with van der Waals surface area (Å²) < 4.78 is 23.4. The fourth-order valence-corrected chi connectivity index (χ4v) is 4.60. The van der Waals surface area contributed by atoms with E-state index < -0.39 is 21.9 Å². The monoisotopic (exact) mass is 372 g/mol. The number of nitrogens with one attached hydrogen (secondary N) is 2. The Bertz CT molecular complexity index is 882. The van der Waals surface area contributed by atoms with E-state index in [1.807, 2.05) is 0 Å². The van der Waals surface area contributed by atoms with Gasteiger partial charge in [-0.05, 0) is 18.6 Å². The first-order valence-electron chi connectivity index (χ1n) is 8.36. The van der Waals surface area contributed by atoms with E-state index in [1.165, 1.54) is 0 Å². The first-order chi connectivity index (χ1) is 12.4. The lowest BCUT2D eigenvalue weighted by atomic mass is 10.1. The molecule has 0 radical (unpaired) electrons. The SMILES string of the molecule is O=C(N[C@H](N[C@H]1CCS(=O)(=O)C1)C(=O)c1ccccc1)c1ccccc1. The van der Waals surface area contributed by atoms with Gasteiger partial charge in [0.15, 0.2) is 15.6 Å². The van der Waals surface area contributed by atoms with E-state index in [0.29, 0.717) is 17.5 Å². The van der Waals surface area contributed by atoms with E-state index in [0.717, 1.165) is 0 Å². The smallest absolute Gasteiger partial charge is 0.252 e. The van der Waals surface area contributed by atoms with Crippen molar-refractivity contribution in [1.29, 1.82) is 0 Å². The molecule has 2 N–H and O–H groups in total. The first kappa shape index (κ1) is 18.3. The lowest BCUT2D eigenvalue weighted by Gasteiger charge is -2.22. The van der Waals surface area contributed by atoms with Gasteiger partial charge in [0, 0.05) is 17.2 Å². The van der Waals surface area contributed by atoms with Crippen LogP contribution >= 0.6 is 0 Å². The highest BCUT2D eigenvalue weighted by molar-refractivity contribution is 7.91. The van der Waals surface area contributed by atoms with Crippen LogP contribution < -0.4 is 10.6 Å². The van der Waals surface area contributed by atoms with Gasteiger partial charge in [0.2, 0.25) is 0 Å². The lowest BCUT2D eigenvalue weighted by molar-refractivity contribution is 0.0831. The topological polar surface area (TPSA) is 92.3 Å². The fourth-order valence-electron chi connectivity index (χ4n) is 2.92. The molecule has 6 nitrogen and oxygen atoms in total. The minimum atomic E-state index is -3.10. The third-order valence-electron chi connectivity index (χ3n) is 4.27. The Hall–Kier alpha value is -2.51. The summed E-state index contributed by atoms with van der Waals surface area (Å²) in [4.78, 5) is 25.3. The lowest BCUT2D eigenvalue weighted by Crippen LogP contribution is -2.54. The summed E-state index contributed by atoms with van der Waals surface area (Å²) in [5.41, 5.74) is 0.874. The van der Waals surface area contributed by atoms with Crippen molar-refractivity contribution in [2.45, 2.75) is 18.6 Å². The zero-order valence-corrected chi connectivity index (χ0v) is 14.9. The highest BCUT2D eigenvalue weighted by Crippen LogP contribution is 2.13. The van der Waals surface area contributed by atoms with Crippen LogP contribution in [-0.2, 0) is 9.84 Å². The number of Topliss-reactive ketones (excluding diaryl/α,β-unsaturated/α-hetero) is 1. The zero-order chi connectivity index (χ0) is 18.6. The third kappa shape index (κ3) is 4.56. The van der Waals surface area contributed by atoms with E-state index in [1.54, 1.807) is 60.7 Å². The third-order valence-corrected chi connectivity index (χ3v) is 6.03. The molecule has 0 bridgehead atoms. The van der Waals surface area contributed by atoms with Crippen LogP contribution in [0.1, 0.15) is 27.1 Å². The average Bonchev–Trinajstić information content (AvgIpc) is 3.00. The Kier molecular flexibility index (Phi) is 5.49. The second kappa shape index (κ2) is 7.80. The fraction of sp³-hybridized carbons (Fsp3) is 0.263. The van der Waals surface area contributed by atoms with E-state index in [2.05, 4.69) is 10.6 Å². The molecule has 1 aliphatic rings. The van der Waals surface area contributed by atoms with Crippen molar-refractivity contribution in [3.63, 3.8) is 0 Å². The van der Waals surface area contributed by atoms with Crippen LogP contribution in [0.3, 0.4) is 0 Å². The molecule has 2 aromatic carbocycles. The molecule has 1 amide bonds. The highest BCUT2D eigenvalue weighted by atomic mass is 32.2. The van der Waals surface area contributed by atoms with Crippen LogP contribution in [0.4, 0.5) is 0 Å². The molecule has 0 saturated carbocycles. The zero-order valence-electron chi connectivity index (χ0n) is 14.1. The molecular weight excluding hydrogens is 352 g/mol. The van der Waals surface area contributed by atoms with Gasteiger partial charge in [-0.15, -0.1) is 0 Å². The number of carbonyl (C=O) groups excluding carboxylic acids is 2. The van der Waals surface area contributed by atoms with Crippen LogP contribution in [0.2, 0.25) is 0 Å². The summed E-state index contributed by atoms with van der Waals surface area (Å²) in [5.74, 6) is -0.650. The van der Waals surface area contributed by atoms with Crippen molar-refractivity contribution in [2.24, 2.45) is 0 Å². The van der Waals surface area contributed by atoms with Crippen molar-refractivity contribution in [3.8, 4) is 0 Å². The van der Waals surface area contributed by atoms with Crippen LogP contribution in [0.15, 0.2) is 60.7 Å². The molecule has 0 unspecified atom stereocenters. The van der Waals surface area contributed by atoms with Gasteiger partial charge in [0.05, 0.1) is 11.5 Å². The summed E-state index contributed by atoms with van der Waals surface area (Å²) in [6.07, 6.45) is -0.578. The molecule has 7 heteroatoms. The molecule has 3 rings (SSSR count). The van der Waals surface area contributed by atoms with Crippen molar-refractivity contribution >= 4 is 21.5 Å². The van der Waals surface area contributed by atoms with Crippen molar-refractivity contribution < 1.29 is 18.0 Å². The normalized spacial score (nSPS) is 19.6. The van der Waals surface area contributed by atoms with Gasteiger partial charge in [0.25, 0.3) is 5.91 Å². The molecule has 1 aliphatic heterocycles. The minimum Gasteiger partial charge on any atom is -0.330 e. The molecule has 26 heavy (non-hydrogen) atoms. The maximum Gasteiger partial charge on any atom is 0.252 e. The van der Waals surface area contributed by atoms with Crippen molar-refractivity contribution in [1.82, 2.24) is 10.6 Å². The van der Waals surface area contributed by atoms with Crippen LogP contribution in [0, 0.1) is 0 Å². The second-order valence-corrected chi connectivity index (χ2v) is 8.50. The predicted octanol–water partition coefficient (Wildman–Crippen LogP) is 1.40. The maximum atomic E-state index is 12.8. The number of ketones is 1. The molecule has 0 aliphatic carbocycles. The summed E-state index contributed by atoms with van der Waals surface area (Å²) in [7, 11) is -3.10. The van der Waals surface area contributed by atoms with Gasteiger partial charge < -0.3 is 5.32 Å². The molecule has 2 atom stereocenters. The van der Waals surface area contributed by atoms with Crippen molar-refractivity contribution in [3.05, 3.63) is 71.8 Å². The Morgan fingerprint density at radius 3 is 2.04 bits per heavy atom. The van der Waals surface area contributed by atoms with E-state index >= 15 is 0 Å². The van der Waals surface area contributed by atoms with E-state index in [9.17, 15) is 18.0 Å². The number of hydrogen-bond donors (Lipinski definition) is 2. The largest absolute Gasteiger partial charge is 0.330 e. The Labute approximate surface area is 152 Å². The number of sulfone groups is 1. The molecule has 1 heterocycles. The molecule has 1 fully saturated rings. The van der Waals surface area contributed by atoms with E-state index in [4.69, 9.17) is 0 Å². The van der Waals surface area contributed by atoms with Gasteiger partial charge in [-0.2, -0.15) is 0 Å². The summed E-state index contributed by atoms with van der Waals surface area (Å²) >= 11 is 0. The van der Waals surface area contributed by atoms with Crippen LogP contribution in [-0.4, -0.2) is 43.8 Å². The van der Waals surface area contributed by atoms with Gasteiger partial charge >= 0.3 is 0 Å². The number of rotatable bonds is 6. The quantitative estimate of drug-likeness (QED) is 0.591. The minimum absolute atomic E-state index is 0.0349. The standard InChI is InChI=1S/C19H20N2O4S/c22-17(14-7-3-1-4-8-14)18(20-16-11-12-26(24,25)13-16)21-19(23)15-9-5-2-6-10-15/h1-10,16,18,20H,11-13H2,(H,21,23)/t16-,18-/m0/s1. The Morgan fingerprint density at radius 2 is 1.50 bits per heavy atom. The van der Waals surface area contributed by atoms with Gasteiger partial charge in [-0.1, -0.05) is 48.5 Å². The summed E-state index contributed by atoms with van der Waals surface area (Å²) in [6, 6.07) is 16.8. The average molecular weight is 372 g/mol. The first-order valence-corrected chi connectivity index (χ1v) is 10.2. The van der Waals surface area contributed by atoms with Crippen molar-refractivity contribution in [2.75, 3.05) is 11.5 Å². The summed E-state index contributed by atoms with van der Waals surface area (Å²) in [6.45, 7) is 0. The molecule has 0 aromatic heterocycles. The number of hydrogen-bond acceptors (Lipinski definition) is 5.